The van der Waals surface area contributed by atoms with Gasteiger partial charge in [0.25, 0.3) is 0 Å². The van der Waals surface area contributed by atoms with Crippen molar-refractivity contribution >= 4 is 46.9 Å². The summed E-state index contributed by atoms with van der Waals surface area (Å²) in [6, 6.07) is 22.5. The first-order chi connectivity index (χ1) is 16.7. The normalized spacial score (nSPS) is 13.4. The minimum Gasteiger partial charge on any atom is -0.377 e. The lowest BCUT2D eigenvalue weighted by Crippen LogP contribution is -2.40. The molecule has 0 amide bonds. The maximum absolute atomic E-state index is 15.0. The van der Waals surface area contributed by atoms with E-state index in [-0.39, 0.29) is 11.9 Å². The van der Waals surface area contributed by atoms with Gasteiger partial charge in [-0.2, -0.15) is 0 Å². The average Bonchev–Trinajstić information content (AvgIpc) is 2.83. The van der Waals surface area contributed by atoms with Gasteiger partial charge in [-0.3, -0.25) is 0 Å². The summed E-state index contributed by atoms with van der Waals surface area (Å²) >= 11 is 8.90. The molecular formula is C25H20ClFN4OS2. The van der Waals surface area contributed by atoms with Crippen LogP contribution in [0.5, 0.6) is 0 Å². The third kappa shape index (κ3) is 5.47. The van der Waals surface area contributed by atoms with Crippen LogP contribution in [0.2, 0.25) is 5.02 Å². The van der Waals surface area contributed by atoms with Crippen molar-refractivity contribution in [3.63, 3.8) is 0 Å². The Balaban J connectivity index is 1.32. The summed E-state index contributed by atoms with van der Waals surface area (Å²) in [5, 5.41) is 3.92. The van der Waals surface area contributed by atoms with Gasteiger partial charge >= 0.3 is 0 Å². The summed E-state index contributed by atoms with van der Waals surface area (Å²) < 4.78 is 23.3. The molecule has 4 aromatic rings. The van der Waals surface area contributed by atoms with Crippen molar-refractivity contribution in [2.75, 3.05) is 23.3 Å². The summed E-state index contributed by atoms with van der Waals surface area (Å²) in [6.07, 6.45) is 1.73. The summed E-state index contributed by atoms with van der Waals surface area (Å²) in [5.41, 5.74) is 2.35. The molecule has 3 aromatic carbocycles. The molecule has 1 aliphatic rings. The van der Waals surface area contributed by atoms with E-state index in [0.717, 1.165) is 21.0 Å². The Morgan fingerprint density at radius 2 is 1.74 bits per heavy atom. The smallest absolute Gasteiger partial charge is 0.223 e. The highest BCUT2D eigenvalue weighted by atomic mass is 35.5. The lowest BCUT2D eigenvalue weighted by atomic mass is 10.1. The maximum atomic E-state index is 15.0. The van der Waals surface area contributed by atoms with Gasteiger partial charge < -0.3 is 14.8 Å². The van der Waals surface area contributed by atoms with E-state index in [4.69, 9.17) is 16.3 Å². The number of ether oxygens (including phenoxy) is 1. The summed E-state index contributed by atoms with van der Waals surface area (Å²) in [7, 11) is 0. The molecule has 2 N–H and O–H groups in total. The molecule has 1 fully saturated rings. The second kappa shape index (κ2) is 10.7. The van der Waals surface area contributed by atoms with Crippen molar-refractivity contribution in [2.24, 2.45) is 0 Å². The van der Waals surface area contributed by atoms with E-state index in [2.05, 4.69) is 20.0 Å². The molecule has 1 saturated heterocycles. The van der Waals surface area contributed by atoms with Crippen molar-refractivity contribution in [2.45, 2.75) is 20.7 Å². The molecule has 5 rings (SSSR count). The number of nitrogens with one attached hydrogen (secondary N) is 2. The van der Waals surface area contributed by atoms with Crippen LogP contribution >= 0.6 is 35.3 Å². The lowest BCUT2D eigenvalue weighted by Gasteiger charge is -2.26. The second-order valence-corrected chi connectivity index (χ2v) is 9.86. The zero-order valence-corrected chi connectivity index (χ0v) is 20.3. The lowest BCUT2D eigenvalue weighted by molar-refractivity contribution is 0.0208. The van der Waals surface area contributed by atoms with E-state index in [9.17, 15) is 4.39 Å². The first-order valence-corrected chi connectivity index (χ1v) is 12.6. The molecule has 1 aliphatic heterocycles. The zero-order valence-electron chi connectivity index (χ0n) is 17.9. The molecule has 5 nitrogen and oxygen atoms in total. The van der Waals surface area contributed by atoms with Crippen molar-refractivity contribution in [1.82, 2.24) is 9.97 Å². The third-order valence-electron chi connectivity index (χ3n) is 5.06. The molecule has 0 spiro atoms. The maximum Gasteiger partial charge on any atom is 0.223 e. The first kappa shape index (κ1) is 23.0. The molecule has 172 valence electrons. The number of anilines is 2. The molecule has 0 saturated carbocycles. The number of aromatic nitrogens is 2. The van der Waals surface area contributed by atoms with E-state index in [1.807, 2.05) is 60.7 Å². The Bertz CT molecular complexity index is 1310. The van der Waals surface area contributed by atoms with Gasteiger partial charge in [0.15, 0.2) is 0 Å². The quantitative estimate of drug-likeness (QED) is 0.247. The van der Waals surface area contributed by atoms with Crippen LogP contribution in [0.4, 0.5) is 16.0 Å². The molecule has 34 heavy (non-hydrogen) atoms. The SMILES string of the molecule is Fc1cc(NSc2ccccc2Cl)ccc1Sc1ccccc1-c1ccnc(NC2COC2)n1. The van der Waals surface area contributed by atoms with Gasteiger partial charge in [0.05, 0.1) is 30.0 Å². The molecule has 0 radical (unpaired) electrons. The van der Waals surface area contributed by atoms with Crippen LogP contribution in [0.15, 0.2) is 93.7 Å². The molecule has 0 atom stereocenters. The summed E-state index contributed by atoms with van der Waals surface area (Å²) in [6.45, 7) is 1.31. The molecular weight excluding hydrogens is 491 g/mol. The van der Waals surface area contributed by atoms with Crippen LogP contribution in [-0.2, 0) is 4.74 Å². The van der Waals surface area contributed by atoms with Crippen LogP contribution in [0.3, 0.4) is 0 Å². The van der Waals surface area contributed by atoms with E-state index in [1.54, 1.807) is 12.3 Å². The minimum atomic E-state index is -0.306. The van der Waals surface area contributed by atoms with Crippen molar-refractivity contribution in [3.05, 3.63) is 89.8 Å². The Morgan fingerprint density at radius 1 is 0.941 bits per heavy atom. The van der Waals surface area contributed by atoms with Crippen molar-refractivity contribution in [3.8, 4) is 11.3 Å². The average molecular weight is 511 g/mol. The highest BCUT2D eigenvalue weighted by molar-refractivity contribution is 8.00. The van der Waals surface area contributed by atoms with Gasteiger partial charge in [-0.05, 0) is 54.4 Å². The van der Waals surface area contributed by atoms with Crippen LogP contribution in [0.25, 0.3) is 11.3 Å². The number of nitrogens with zero attached hydrogens (tertiary/aromatic N) is 2. The fourth-order valence-corrected chi connectivity index (χ4v) is 5.13. The first-order valence-electron chi connectivity index (χ1n) is 10.6. The van der Waals surface area contributed by atoms with Gasteiger partial charge in [-0.15, -0.1) is 0 Å². The second-order valence-electron chi connectivity index (χ2n) is 7.52. The van der Waals surface area contributed by atoms with E-state index < -0.39 is 0 Å². The highest BCUT2D eigenvalue weighted by Crippen LogP contribution is 2.38. The molecule has 0 unspecified atom stereocenters. The van der Waals surface area contributed by atoms with Crippen molar-refractivity contribution < 1.29 is 9.13 Å². The fraction of sp³-hybridized carbons (Fsp3) is 0.120. The third-order valence-corrected chi connectivity index (χ3v) is 7.54. The number of rotatable bonds is 8. The van der Waals surface area contributed by atoms with Gasteiger partial charge in [0, 0.05) is 32.1 Å². The van der Waals surface area contributed by atoms with E-state index in [1.165, 1.54) is 29.8 Å². The Hall–Kier alpha value is -2.78. The number of hydrogen-bond donors (Lipinski definition) is 2. The Labute approximate surface area is 210 Å². The molecule has 0 aliphatic carbocycles. The number of hydrogen-bond acceptors (Lipinski definition) is 7. The van der Waals surface area contributed by atoms with E-state index >= 15 is 0 Å². The molecule has 1 aromatic heterocycles. The Kier molecular flexibility index (Phi) is 7.20. The molecule has 0 bridgehead atoms. The van der Waals surface area contributed by atoms with Gasteiger partial charge in [0.1, 0.15) is 5.82 Å². The van der Waals surface area contributed by atoms with Crippen molar-refractivity contribution in [1.29, 1.82) is 0 Å². The van der Waals surface area contributed by atoms with Crippen LogP contribution in [0, 0.1) is 5.82 Å². The number of halogens is 2. The van der Waals surface area contributed by atoms with Crippen LogP contribution in [0.1, 0.15) is 0 Å². The van der Waals surface area contributed by atoms with Gasteiger partial charge in [0.2, 0.25) is 5.95 Å². The number of benzene rings is 3. The standard InChI is InChI=1S/C25H20ClFN4OS2/c26-19-6-2-4-8-23(19)34-31-16-9-10-24(20(27)13-16)33-22-7-3-1-5-18(22)21-11-12-28-25(30-21)29-17-14-32-15-17/h1-13,17,31H,14-15H2,(H,28,29,30). The molecule has 9 heteroatoms. The fourth-order valence-electron chi connectivity index (χ4n) is 3.25. The Morgan fingerprint density at radius 3 is 2.50 bits per heavy atom. The minimum absolute atomic E-state index is 0.233. The predicted octanol–water partition coefficient (Wildman–Crippen LogP) is 7.02. The largest absolute Gasteiger partial charge is 0.377 e. The zero-order chi connectivity index (χ0) is 23.3. The van der Waals surface area contributed by atoms with Gasteiger partial charge in [-0.25, -0.2) is 14.4 Å². The van der Waals surface area contributed by atoms with Gasteiger partial charge in [-0.1, -0.05) is 53.7 Å². The monoisotopic (exact) mass is 510 g/mol. The van der Waals surface area contributed by atoms with Crippen LogP contribution in [-0.4, -0.2) is 29.2 Å². The summed E-state index contributed by atoms with van der Waals surface area (Å²) in [5.74, 6) is 0.253. The highest BCUT2D eigenvalue weighted by Gasteiger charge is 2.19. The predicted molar refractivity (Wildman–Crippen MR) is 137 cm³/mol. The molecule has 2 heterocycles. The van der Waals surface area contributed by atoms with Crippen LogP contribution < -0.4 is 10.0 Å². The summed E-state index contributed by atoms with van der Waals surface area (Å²) in [4.78, 5) is 11.3. The topological polar surface area (TPSA) is 59.1 Å². The van der Waals surface area contributed by atoms with E-state index in [0.29, 0.717) is 34.8 Å².